The molecule has 0 spiro atoms. The third kappa shape index (κ3) is 4.31. The van der Waals surface area contributed by atoms with Crippen LogP contribution in [0.1, 0.15) is 32.6 Å². The molecule has 0 radical (unpaired) electrons. The van der Waals surface area contributed by atoms with Crippen LogP contribution in [0.4, 0.5) is 0 Å². The van der Waals surface area contributed by atoms with E-state index >= 15 is 0 Å². The van der Waals surface area contributed by atoms with Gasteiger partial charge in [0.1, 0.15) is 5.75 Å². The van der Waals surface area contributed by atoms with E-state index in [1.807, 2.05) is 30.3 Å². The molecule has 18 heavy (non-hydrogen) atoms. The van der Waals surface area contributed by atoms with Crippen molar-refractivity contribution in [3.63, 3.8) is 0 Å². The van der Waals surface area contributed by atoms with Crippen molar-refractivity contribution in [2.75, 3.05) is 26.3 Å². The van der Waals surface area contributed by atoms with Gasteiger partial charge >= 0.3 is 0 Å². The van der Waals surface area contributed by atoms with Gasteiger partial charge in [0.05, 0.1) is 6.67 Å². The summed E-state index contributed by atoms with van der Waals surface area (Å²) in [6.07, 6.45) is 5.14. The number of piperidine rings is 1. The quantitative estimate of drug-likeness (QED) is 0.719. The van der Waals surface area contributed by atoms with Crippen molar-refractivity contribution in [3.8, 4) is 5.75 Å². The molecule has 0 aromatic heterocycles. The molecule has 1 aliphatic heterocycles. The Bertz CT molecular complexity index is 323. The smallest absolute Gasteiger partial charge is 0.147 e. The highest BCUT2D eigenvalue weighted by molar-refractivity contribution is 5.20. The molecule has 1 heterocycles. The number of likely N-dealkylation sites (tertiary alicyclic amines) is 1. The Kier molecular flexibility index (Phi) is 5.49. The highest BCUT2D eigenvalue weighted by Crippen LogP contribution is 2.13. The summed E-state index contributed by atoms with van der Waals surface area (Å²) in [5.41, 5.74) is 0. The van der Waals surface area contributed by atoms with E-state index in [0.29, 0.717) is 0 Å². The van der Waals surface area contributed by atoms with Crippen LogP contribution >= 0.6 is 0 Å². The van der Waals surface area contributed by atoms with Gasteiger partial charge in [0.2, 0.25) is 0 Å². The molecule has 0 bridgehead atoms. The van der Waals surface area contributed by atoms with Gasteiger partial charge in [0.15, 0.2) is 0 Å². The zero-order valence-electron chi connectivity index (χ0n) is 11.3. The van der Waals surface area contributed by atoms with Crippen LogP contribution < -0.4 is 4.84 Å². The molecule has 1 aromatic rings. The fourth-order valence-corrected chi connectivity index (χ4v) is 2.35. The Balaban J connectivity index is 1.86. The van der Waals surface area contributed by atoms with Crippen LogP contribution in [0.3, 0.4) is 0 Å². The van der Waals surface area contributed by atoms with E-state index in [0.717, 1.165) is 25.4 Å². The first-order chi connectivity index (χ1) is 8.88. The Labute approximate surface area is 110 Å². The van der Waals surface area contributed by atoms with Crippen molar-refractivity contribution in [1.29, 1.82) is 0 Å². The maximum absolute atomic E-state index is 5.95. The number of para-hydroxylation sites is 1. The largest absolute Gasteiger partial charge is 0.405 e. The summed E-state index contributed by atoms with van der Waals surface area (Å²) >= 11 is 0. The van der Waals surface area contributed by atoms with Gasteiger partial charge < -0.3 is 4.84 Å². The molecule has 0 unspecified atom stereocenters. The first-order valence-electron chi connectivity index (χ1n) is 7.09. The molecular formula is C15H24N2O. The highest BCUT2D eigenvalue weighted by atomic mass is 16.7. The van der Waals surface area contributed by atoms with E-state index in [1.165, 1.54) is 32.4 Å². The summed E-state index contributed by atoms with van der Waals surface area (Å²) in [5, 5.41) is 2.08. The number of hydrogen-bond acceptors (Lipinski definition) is 3. The van der Waals surface area contributed by atoms with Gasteiger partial charge in [-0.2, -0.15) is 0 Å². The van der Waals surface area contributed by atoms with Crippen molar-refractivity contribution in [1.82, 2.24) is 9.96 Å². The van der Waals surface area contributed by atoms with Gasteiger partial charge in [-0.25, -0.2) is 0 Å². The van der Waals surface area contributed by atoms with Crippen molar-refractivity contribution in [3.05, 3.63) is 30.3 Å². The molecule has 100 valence electrons. The average molecular weight is 248 g/mol. The van der Waals surface area contributed by atoms with E-state index < -0.39 is 0 Å². The lowest BCUT2D eigenvalue weighted by molar-refractivity contribution is -0.0984. The van der Waals surface area contributed by atoms with Gasteiger partial charge in [-0.15, -0.1) is 5.06 Å². The second kappa shape index (κ2) is 7.39. The maximum atomic E-state index is 5.95. The van der Waals surface area contributed by atoms with E-state index in [-0.39, 0.29) is 0 Å². The monoisotopic (exact) mass is 248 g/mol. The standard InChI is InChI=1S/C15H24N2O/c1-2-11-17(14-16-12-7-4-8-13-16)18-15-9-5-3-6-10-15/h3,5-6,9-10H,2,4,7-8,11-14H2,1H3. The van der Waals surface area contributed by atoms with E-state index in [9.17, 15) is 0 Å². The van der Waals surface area contributed by atoms with E-state index in [1.54, 1.807) is 0 Å². The van der Waals surface area contributed by atoms with Gasteiger partial charge in [-0.1, -0.05) is 31.5 Å². The third-order valence-corrected chi connectivity index (χ3v) is 3.26. The lowest BCUT2D eigenvalue weighted by Gasteiger charge is -2.32. The molecule has 0 N–H and O–H groups in total. The molecule has 0 saturated carbocycles. The van der Waals surface area contributed by atoms with Crippen LogP contribution in [0.2, 0.25) is 0 Å². The summed E-state index contributed by atoms with van der Waals surface area (Å²) in [4.78, 5) is 8.44. The average Bonchev–Trinajstić information content (AvgIpc) is 2.41. The number of benzene rings is 1. The second-order valence-electron chi connectivity index (χ2n) is 4.93. The number of hydroxylamine groups is 2. The minimum atomic E-state index is 0.919. The van der Waals surface area contributed by atoms with Crippen LogP contribution in [0.5, 0.6) is 5.75 Å². The van der Waals surface area contributed by atoms with E-state index in [4.69, 9.17) is 4.84 Å². The predicted octanol–water partition coefficient (Wildman–Crippen LogP) is 3.14. The van der Waals surface area contributed by atoms with Gasteiger partial charge in [-0.3, -0.25) is 4.90 Å². The molecule has 0 amide bonds. The Hall–Kier alpha value is -1.06. The van der Waals surface area contributed by atoms with Crippen molar-refractivity contribution >= 4 is 0 Å². The van der Waals surface area contributed by atoms with Crippen LogP contribution in [0.15, 0.2) is 30.3 Å². The van der Waals surface area contributed by atoms with Crippen molar-refractivity contribution in [2.45, 2.75) is 32.6 Å². The summed E-state index contributed by atoms with van der Waals surface area (Å²) in [5.74, 6) is 0.933. The molecule has 1 aliphatic rings. The topological polar surface area (TPSA) is 15.7 Å². The molecule has 1 fully saturated rings. The van der Waals surface area contributed by atoms with Crippen LogP contribution in [-0.2, 0) is 0 Å². The SMILES string of the molecule is CCCN(CN1CCCCC1)Oc1ccccc1. The first kappa shape index (κ1) is 13.4. The zero-order chi connectivity index (χ0) is 12.6. The second-order valence-corrected chi connectivity index (χ2v) is 4.93. The van der Waals surface area contributed by atoms with Gasteiger partial charge in [0.25, 0.3) is 0 Å². The molecule has 1 aromatic carbocycles. The Morgan fingerprint density at radius 2 is 1.83 bits per heavy atom. The number of nitrogens with zero attached hydrogens (tertiary/aromatic N) is 2. The minimum Gasteiger partial charge on any atom is -0.405 e. The predicted molar refractivity (Wildman–Crippen MR) is 74.4 cm³/mol. The van der Waals surface area contributed by atoms with Gasteiger partial charge in [-0.05, 0) is 44.5 Å². The molecule has 0 atom stereocenters. The molecule has 3 heteroatoms. The third-order valence-electron chi connectivity index (χ3n) is 3.26. The molecule has 0 aliphatic carbocycles. The highest BCUT2D eigenvalue weighted by Gasteiger charge is 2.15. The van der Waals surface area contributed by atoms with Crippen LogP contribution in [0, 0.1) is 0 Å². The Morgan fingerprint density at radius 1 is 1.11 bits per heavy atom. The van der Waals surface area contributed by atoms with Crippen molar-refractivity contribution < 1.29 is 4.84 Å². The number of rotatable bonds is 6. The van der Waals surface area contributed by atoms with Gasteiger partial charge in [0, 0.05) is 6.54 Å². The fourth-order valence-electron chi connectivity index (χ4n) is 2.35. The summed E-state index contributed by atoms with van der Waals surface area (Å²) in [7, 11) is 0. The lowest BCUT2D eigenvalue weighted by atomic mass is 10.1. The van der Waals surface area contributed by atoms with Crippen molar-refractivity contribution in [2.24, 2.45) is 0 Å². The zero-order valence-corrected chi connectivity index (χ0v) is 11.3. The molecule has 2 rings (SSSR count). The van der Waals surface area contributed by atoms with E-state index in [2.05, 4.69) is 16.9 Å². The summed E-state index contributed by atoms with van der Waals surface area (Å²) < 4.78 is 0. The maximum Gasteiger partial charge on any atom is 0.147 e. The summed E-state index contributed by atoms with van der Waals surface area (Å²) in [6.45, 7) is 6.50. The normalized spacial score (nSPS) is 17.0. The minimum absolute atomic E-state index is 0.919. The number of hydrogen-bond donors (Lipinski definition) is 0. The lowest BCUT2D eigenvalue weighted by Crippen LogP contribution is -2.42. The fraction of sp³-hybridized carbons (Fsp3) is 0.600. The van der Waals surface area contributed by atoms with Crippen LogP contribution in [-0.4, -0.2) is 36.3 Å². The molecule has 3 nitrogen and oxygen atoms in total. The molecular weight excluding hydrogens is 224 g/mol. The van der Waals surface area contributed by atoms with Crippen LogP contribution in [0.25, 0.3) is 0 Å². The molecule has 1 saturated heterocycles. The Morgan fingerprint density at radius 3 is 2.50 bits per heavy atom. The first-order valence-corrected chi connectivity index (χ1v) is 7.09. The summed E-state index contributed by atoms with van der Waals surface area (Å²) in [6, 6.07) is 10.1.